The zero-order valence-corrected chi connectivity index (χ0v) is 17.0. The molecule has 0 spiro atoms. The Bertz CT molecular complexity index is 697. The summed E-state index contributed by atoms with van der Waals surface area (Å²) in [4.78, 5) is 30.9. The van der Waals surface area contributed by atoms with Crippen LogP contribution in [0.25, 0.3) is 0 Å². The van der Waals surface area contributed by atoms with E-state index >= 15 is 0 Å². The van der Waals surface area contributed by atoms with Gasteiger partial charge in [-0.15, -0.1) is 11.8 Å². The van der Waals surface area contributed by atoms with E-state index < -0.39 is 5.60 Å². The summed E-state index contributed by atoms with van der Waals surface area (Å²) < 4.78 is 5.44. The van der Waals surface area contributed by atoms with Crippen LogP contribution in [0.3, 0.4) is 0 Å². The van der Waals surface area contributed by atoms with Crippen molar-refractivity contribution >= 4 is 29.6 Å². The van der Waals surface area contributed by atoms with Gasteiger partial charge in [-0.3, -0.25) is 4.79 Å². The van der Waals surface area contributed by atoms with Crippen LogP contribution in [-0.4, -0.2) is 52.9 Å². The summed E-state index contributed by atoms with van der Waals surface area (Å²) >= 11 is 1.52. The number of rotatable bonds is 4. The maximum absolute atomic E-state index is 12.1. The van der Waals surface area contributed by atoms with E-state index in [2.05, 4.69) is 15.6 Å². The number of nitrogens with zero attached hydrogens (tertiary/aromatic N) is 2. The van der Waals surface area contributed by atoms with Crippen molar-refractivity contribution in [3.05, 3.63) is 17.8 Å². The number of nitrogens with one attached hydrogen (secondary N) is 2. The number of carbonyl (C=O) groups excluding carboxylic acids is 2. The average molecular weight is 393 g/mol. The molecule has 27 heavy (non-hydrogen) atoms. The second-order valence-electron chi connectivity index (χ2n) is 8.03. The standard InChI is InChI=1S/C19H28N4O3S/c1-19(2,3)26-18(25)23-8-6-13(7-9-23)10-20-11-14-4-5-15-17(21-14)22-16(24)12-27-15/h4-5,13,20H,6-12H2,1-3H3,(H,21,22,24). The van der Waals surface area contributed by atoms with Gasteiger partial charge < -0.3 is 20.3 Å². The van der Waals surface area contributed by atoms with Crippen molar-refractivity contribution in [2.75, 3.05) is 30.7 Å². The minimum absolute atomic E-state index is 0.00172. The minimum atomic E-state index is -0.449. The van der Waals surface area contributed by atoms with Crippen molar-refractivity contribution in [1.29, 1.82) is 0 Å². The first-order chi connectivity index (χ1) is 12.8. The van der Waals surface area contributed by atoms with Gasteiger partial charge in [0.2, 0.25) is 5.91 Å². The van der Waals surface area contributed by atoms with Crippen LogP contribution < -0.4 is 10.6 Å². The van der Waals surface area contributed by atoms with E-state index in [0.717, 1.165) is 43.1 Å². The lowest BCUT2D eigenvalue weighted by atomic mass is 9.97. The summed E-state index contributed by atoms with van der Waals surface area (Å²) in [7, 11) is 0. The number of likely N-dealkylation sites (tertiary alicyclic amines) is 1. The summed E-state index contributed by atoms with van der Waals surface area (Å²) in [5.74, 6) is 1.66. The molecule has 2 aliphatic heterocycles. The molecule has 2 amide bonds. The van der Waals surface area contributed by atoms with Crippen molar-refractivity contribution in [2.24, 2.45) is 5.92 Å². The molecular formula is C19H28N4O3S. The van der Waals surface area contributed by atoms with Crippen molar-refractivity contribution in [1.82, 2.24) is 15.2 Å². The number of aromatic nitrogens is 1. The number of fused-ring (bicyclic) bond motifs is 1. The Hall–Kier alpha value is -1.80. The molecule has 0 unspecified atom stereocenters. The number of pyridine rings is 1. The Balaban J connectivity index is 1.40. The minimum Gasteiger partial charge on any atom is -0.444 e. The molecule has 3 rings (SSSR count). The molecule has 0 bridgehead atoms. The Morgan fingerprint density at radius 1 is 1.37 bits per heavy atom. The Labute approximate surface area is 164 Å². The SMILES string of the molecule is CC(C)(C)OC(=O)N1CCC(CNCc2ccc3c(n2)NC(=O)CS3)CC1. The van der Waals surface area contributed by atoms with E-state index in [1.54, 1.807) is 4.90 Å². The number of hydrogen-bond acceptors (Lipinski definition) is 6. The smallest absolute Gasteiger partial charge is 0.410 e. The highest BCUT2D eigenvalue weighted by molar-refractivity contribution is 8.00. The Kier molecular flexibility index (Phi) is 6.26. The number of amides is 2. The van der Waals surface area contributed by atoms with Crippen LogP contribution in [0.1, 0.15) is 39.3 Å². The average Bonchev–Trinajstić information content (AvgIpc) is 2.60. The predicted molar refractivity (Wildman–Crippen MR) is 106 cm³/mol. The third-order valence-corrected chi connectivity index (χ3v) is 5.58. The van der Waals surface area contributed by atoms with Gasteiger partial charge in [0.25, 0.3) is 0 Å². The summed E-state index contributed by atoms with van der Waals surface area (Å²) in [6, 6.07) is 4.02. The van der Waals surface area contributed by atoms with Crippen molar-refractivity contribution in [2.45, 2.75) is 50.7 Å². The van der Waals surface area contributed by atoms with Crippen LogP contribution in [-0.2, 0) is 16.1 Å². The van der Waals surface area contributed by atoms with Crippen molar-refractivity contribution in [3.8, 4) is 0 Å². The Morgan fingerprint density at radius 3 is 2.81 bits per heavy atom. The molecule has 1 fully saturated rings. The fourth-order valence-electron chi connectivity index (χ4n) is 3.15. The van der Waals surface area contributed by atoms with Gasteiger partial charge in [0.1, 0.15) is 11.4 Å². The van der Waals surface area contributed by atoms with Crippen LogP contribution in [0.5, 0.6) is 0 Å². The molecule has 3 heterocycles. The van der Waals surface area contributed by atoms with Crippen molar-refractivity contribution in [3.63, 3.8) is 0 Å². The molecule has 2 aliphatic rings. The second-order valence-corrected chi connectivity index (χ2v) is 9.05. The molecular weight excluding hydrogens is 364 g/mol. The zero-order chi connectivity index (χ0) is 19.4. The number of carbonyl (C=O) groups is 2. The zero-order valence-electron chi connectivity index (χ0n) is 16.2. The fraction of sp³-hybridized carbons (Fsp3) is 0.632. The quantitative estimate of drug-likeness (QED) is 0.820. The van der Waals surface area contributed by atoms with Crippen molar-refractivity contribution < 1.29 is 14.3 Å². The van der Waals surface area contributed by atoms with E-state index in [9.17, 15) is 9.59 Å². The normalized spacial score (nSPS) is 18.0. The summed E-state index contributed by atoms with van der Waals surface area (Å²) in [6.07, 6.45) is 1.72. The largest absolute Gasteiger partial charge is 0.444 e. The summed E-state index contributed by atoms with van der Waals surface area (Å²) in [5, 5.41) is 6.28. The van der Waals surface area contributed by atoms with Gasteiger partial charge in [-0.05, 0) is 58.2 Å². The van der Waals surface area contributed by atoms with Crippen LogP contribution in [0, 0.1) is 5.92 Å². The van der Waals surface area contributed by atoms with E-state index in [1.807, 2.05) is 32.9 Å². The van der Waals surface area contributed by atoms with Crippen LogP contribution in [0.15, 0.2) is 17.0 Å². The maximum atomic E-state index is 12.1. The molecule has 8 heteroatoms. The summed E-state index contributed by atoms with van der Waals surface area (Å²) in [5.41, 5.74) is 0.470. The van der Waals surface area contributed by atoms with Gasteiger partial charge in [0.15, 0.2) is 0 Å². The first-order valence-electron chi connectivity index (χ1n) is 9.41. The molecule has 0 atom stereocenters. The maximum Gasteiger partial charge on any atom is 0.410 e. The third-order valence-electron chi connectivity index (χ3n) is 4.54. The lowest BCUT2D eigenvalue weighted by Crippen LogP contribution is -2.43. The van der Waals surface area contributed by atoms with Gasteiger partial charge in [0.05, 0.1) is 16.3 Å². The highest BCUT2D eigenvalue weighted by atomic mass is 32.2. The number of anilines is 1. The predicted octanol–water partition coefficient (Wildman–Crippen LogP) is 2.86. The molecule has 0 saturated carbocycles. The second kappa shape index (κ2) is 8.48. The van der Waals surface area contributed by atoms with Gasteiger partial charge in [-0.1, -0.05) is 0 Å². The van der Waals surface area contributed by atoms with E-state index in [-0.39, 0.29) is 12.0 Å². The number of ether oxygens (including phenoxy) is 1. The lowest BCUT2D eigenvalue weighted by molar-refractivity contribution is -0.113. The van der Waals surface area contributed by atoms with Gasteiger partial charge >= 0.3 is 6.09 Å². The molecule has 0 radical (unpaired) electrons. The van der Waals surface area contributed by atoms with Gasteiger partial charge in [-0.2, -0.15) is 0 Å². The molecule has 0 aromatic carbocycles. The van der Waals surface area contributed by atoms with Gasteiger partial charge in [-0.25, -0.2) is 9.78 Å². The molecule has 0 aliphatic carbocycles. The van der Waals surface area contributed by atoms with E-state index in [1.165, 1.54) is 11.8 Å². The van der Waals surface area contributed by atoms with E-state index in [0.29, 0.717) is 24.0 Å². The number of hydrogen-bond donors (Lipinski definition) is 2. The highest BCUT2D eigenvalue weighted by Gasteiger charge is 2.26. The fourth-order valence-corrected chi connectivity index (χ4v) is 3.91. The number of thioether (sulfide) groups is 1. The van der Waals surface area contributed by atoms with Crippen LogP contribution in [0.4, 0.5) is 10.6 Å². The topological polar surface area (TPSA) is 83.6 Å². The number of piperidine rings is 1. The lowest BCUT2D eigenvalue weighted by Gasteiger charge is -2.33. The first-order valence-corrected chi connectivity index (χ1v) is 10.4. The monoisotopic (exact) mass is 392 g/mol. The first kappa shape index (κ1) is 19.9. The molecule has 2 N–H and O–H groups in total. The Morgan fingerprint density at radius 2 is 2.11 bits per heavy atom. The third kappa shape index (κ3) is 5.84. The van der Waals surface area contributed by atoms with Crippen LogP contribution in [0.2, 0.25) is 0 Å². The van der Waals surface area contributed by atoms with Gasteiger partial charge in [0, 0.05) is 19.6 Å². The molecule has 148 valence electrons. The summed E-state index contributed by atoms with van der Waals surface area (Å²) in [6.45, 7) is 8.70. The molecule has 1 aromatic heterocycles. The molecule has 1 aromatic rings. The highest BCUT2D eigenvalue weighted by Crippen LogP contribution is 2.29. The van der Waals surface area contributed by atoms with E-state index in [4.69, 9.17) is 4.74 Å². The molecule has 7 nitrogen and oxygen atoms in total. The van der Waals surface area contributed by atoms with Crippen LogP contribution >= 0.6 is 11.8 Å². The molecule has 1 saturated heterocycles.